The molecule has 1 aromatic carbocycles. The largest absolute Gasteiger partial charge is 0.376 e. The summed E-state index contributed by atoms with van der Waals surface area (Å²) in [4.78, 5) is 16.3. The van der Waals surface area contributed by atoms with Gasteiger partial charge in [-0.15, -0.1) is 11.3 Å². The van der Waals surface area contributed by atoms with Crippen LogP contribution in [0, 0.1) is 13.8 Å². The number of aryl methyl sites for hydroxylation is 2. The summed E-state index contributed by atoms with van der Waals surface area (Å²) in [6.07, 6.45) is 2.23. The number of nitrogens with zero attached hydrogens (tertiary/aromatic N) is 3. The Balaban J connectivity index is 1.54. The molecule has 3 aromatic rings. The maximum Gasteiger partial charge on any atom is 0.254 e. The Labute approximate surface area is 169 Å². The zero-order valence-electron chi connectivity index (χ0n) is 16.3. The minimum Gasteiger partial charge on any atom is -0.376 e. The minimum absolute atomic E-state index is 0.0452. The number of carbonyl (C=O) groups excluding carboxylic acids is 1. The summed E-state index contributed by atoms with van der Waals surface area (Å²) in [6.45, 7) is 6.06. The second kappa shape index (κ2) is 8.29. The van der Waals surface area contributed by atoms with Crippen molar-refractivity contribution in [2.45, 2.75) is 39.3 Å². The first kappa shape index (κ1) is 18.9. The monoisotopic (exact) mass is 395 g/mol. The average Bonchev–Trinajstić information content (AvgIpc) is 3.44. The molecular formula is C22H25N3O2S. The SMILES string of the molecule is Cc1cc(C)n(-c2ccc(C(=O)N(Cc3cccs3)C[C@@H]3CCCO3)cc2)n1. The molecule has 0 spiro atoms. The van der Waals surface area contributed by atoms with Crippen molar-refractivity contribution in [1.82, 2.24) is 14.7 Å². The summed E-state index contributed by atoms with van der Waals surface area (Å²) in [5, 5.41) is 6.56. The molecule has 6 heteroatoms. The number of aromatic nitrogens is 2. The van der Waals surface area contributed by atoms with Crippen molar-refractivity contribution >= 4 is 17.2 Å². The summed E-state index contributed by atoms with van der Waals surface area (Å²) < 4.78 is 7.68. The first-order chi connectivity index (χ1) is 13.6. The van der Waals surface area contributed by atoms with Gasteiger partial charge in [-0.1, -0.05) is 6.07 Å². The molecule has 1 saturated heterocycles. The van der Waals surface area contributed by atoms with E-state index < -0.39 is 0 Å². The van der Waals surface area contributed by atoms with Gasteiger partial charge in [0, 0.05) is 29.3 Å². The third kappa shape index (κ3) is 4.18. The van der Waals surface area contributed by atoms with Crippen LogP contribution in [0.5, 0.6) is 0 Å². The molecule has 2 aromatic heterocycles. The van der Waals surface area contributed by atoms with E-state index in [9.17, 15) is 4.79 Å². The molecule has 1 aliphatic heterocycles. The number of benzene rings is 1. The summed E-state index contributed by atoms with van der Waals surface area (Å²) in [6, 6.07) is 13.9. The second-order valence-corrected chi connectivity index (χ2v) is 8.32. The van der Waals surface area contributed by atoms with Crippen molar-refractivity contribution in [3.8, 4) is 5.69 Å². The molecule has 0 radical (unpaired) electrons. The summed E-state index contributed by atoms with van der Waals surface area (Å²) >= 11 is 1.68. The molecule has 1 atom stereocenters. The summed E-state index contributed by atoms with van der Waals surface area (Å²) in [7, 11) is 0. The van der Waals surface area contributed by atoms with Crippen molar-refractivity contribution in [3.63, 3.8) is 0 Å². The van der Waals surface area contributed by atoms with Crippen molar-refractivity contribution in [1.29, 1.82) is 0 Å². The van der Waals surface area contributed by atoms with E-state index in [1.54, 1.807) is 11.3 Å². The van der Waals surface area contributed by atoms with Crippen LogP contribution in [0.25, 0.3) is 5.69 Å². The first-order valence-electron chi connectivity index (χ1n) is 9.67. The van der Waals surface area contributed by atoms with Gasteiger partial charge in [0.2, 0.25) is 0 Å². The van der Waals surface area contributed by atoms with Crippen molar-refractivity contribution in [2.75, 3.05) is 13.2 Å². The maximum atomic E-state index is 13.2. The highest BCUT2D eigenvalue weighted by Crippen LogP contribution is 2.20. The molecule has 0 aliphatic carbocycles. The van der Waals surface area contributed by atoms with E-state index in [0.717, 1.165) is 36.5 Å². The Morgan fingerprint density at radius 3 is 2.71 bits per heavy atom. The van der Waals surface area contributed by atoms with Crippen LogP contribution in [0.3, 0.4) is 0 Å². The molecule has 0 bridgehead atoms. The fourth-order valence-corrected chi connectivity index (χ4v) is 4.38. The standard InChI is InChI=1S/C22H25N3O2S/c1-16-13-17(2)25(23-16)19-9-7-18(8-10-19)22(26)24(14-20-5-3-11-27-20)15-21-6-4-12-28-21/h4,6-10,12-13,20H,3,5,11,14-15H2,1-2H3/t20-/m0/s1. The van der Waals surface area contributed by atoms with E-state index in [0.29, 0.717) is 18.7 Å². The lowest BCUT2D eigenvalue weighted by molar-refractivity contribution is 0.0509. The predicted octanol–water partition coefficient (Wildman–Crippen LogP) is 4.37. The van der Waals surface area contributed by atoms with Gasteiger partial charge in [-0.05, 0) is 68.5 Å². The van der Waals surface area contributed by atoms with Gasteiger partial charge in [0.05, 0.1) is 24.0 Å². The molecule has 5 nitrogen and oxygen atoms in total. The second-order valence-electron chi connectivity index (χ2n) is 7.29. The van der Waals surface area contributed by atoms with Crippen LogP contribution < -0.4 is 0 Å². The zero-order valence-corrected chi connectivity index (χ0v) is 17.1. The van der Waals surface area contributed by atoms with Gasteiger partial charge in [0.25, 0.3) is 5.91 Å². The fourth-order valence-electron chi connectivity index (χ4n) is 3.66. The van der Waals surface area contributed by atoms with Crippen LogP contribution in [-0.4, -0.2) is 39.8 Å². The smallest absolute Gasteiger partial charge is 0.254 e. The normalized spacial score (nSPS) is 16.4. The van der Waals surface area contributed by atoms with Crippen LogP contribution in [0.15, 0.2) is 47.8 Å². The molecule has 28 heavy (non-hydrogen) atoms. The topological polar surface area (TPSA) is 47.4 Å². The lowest BCUT2D eigenvalue weighted by atomic mass is 10.1. The molecule has 1 fully saturated rings. The third-order valence-electron chi connectivity index (χ3n) is 5.03. The van der Waals surface area contributed by atoms with Crippen LogP contribution in [0.4, 0.5) is 0 Å². The Morgan fingerprint density at radius 2 is 2.11 bits per heavy atom. The number of ether oxygens (including phenoxy) is 1. The number of carbonyl (C=O) groups is 1. The zero-order chi connectivity index (χ0) is 19.5. The Morgan fingerprint density at radius 1 is 1.29 bits per heavy atom. The third-order valence-corrected chi connectivity index (χ3v) is 5.89. The van der Waals surface area contributed by atoms with Gasteiger partial charge in [0.15, 0.2) is 0 Å². The maximum absolute atomic E-state index is 13.2. The van der Waals surface area contributed by atoms with Crippen molar-refractivity contribution < 1.29 is 9.53 Å². The van der Waals surface area contributed by atoms with Crippen LogP contribution >= 0.6 is 11.3 Å². The lowest BCUT2D eigenvalue weighted by Crippen LogP contribution is -2.36. The van der Waals surface area contributed by atoms with E-state index in [4.69, 9.17) is 4.74 Å². The lowest BCUT2D eigenvalue weighted by Gasteiger charge is -2.25. The molecule has 4 rings (SSSR count). The molecule has 0 N–H and O–H groups in total. The van der Waals surface area contributed by atoms with Gasteiger partial charge in [0.1, 0.15) is 0 Å². The van der Waals surface area contributed by atoms with Gasteiger partial charge in [-0.2, -0.15) is 5.10 Å². The van der Waals surface area contributed by atoms with Gasteiger partial charge in [-0.3, -0.25) is 4.79 Å². The Hall–Kier alpha value is -2.44. The minimum atomic E-state index is 0.0452. The van der Waals surface area contributed by atoms with Gasteiger partial charge < -0.3 is 9.64 Å². The van der Waals surface area contributed by atoms with Crippen molar-refractivity contribution in [2.24, 2.45) is 0 Å². The predicted molar refractivity (Wildman–Crippen MR) is 111 cm³/mol. The van der Waals surface area contributed by atoms with E-state index in [1.165, 1.54) is 4.88 Å². The highest BCUT2D eigenvalue weighted by atomic mass is 32.1. The highest BCUT2D eigenvalue weighted by Gasteiger charge is 2.24. The van der Waals surface area contributed by atoms with E-state index in [1.807, 2.05) is 65.2 Å². The molecule has 0 saturated carbocycles. The van der Waals surface area contributed by atoms with Crippen LogP contribution in [0.1, 0.15) is 39.5 Å². The highest BCUT2D eigenvalue weighted by molar-refractivity contribution is 7.09. The van der Waals surface area contributed by atoms with E-state index in [2.05, 4.69) is 11.2 Å². The molecular weight excluding hydrogens is 370 g/mol. The Bertz CT molecular complexity index is 925. The fraction of sp³-hybridized carbons (Fsp3) is 0.364. The molecule has 3 heterocycles. The number of amides is 1. The van der Waals surface area contributed by atoms with Crippen molar-refractivity contribution in [3.05, 3.63) is 69.7 Å². The summed E-state index contributed by atoms with van der Waals surface area (Å²) in [5.41, 5.74) is 3.72. The number of hydrogen-bond donors (Lipinski definition) is 0. The number of hydrogen-bond acceptors (Lipinski definition) is 4. The average molecular weight is 396 g/mol. The molecule has 1 aliphatic rings. The Kier molecular flexibility index (Phi) is 5.59. The van der Waals surface area contributed by atoms with Crippen LogP contribution in [-0.2, 0) is 11.3 Å². The van der Waals surface area contributed by atoms with E-state index >= 15 is 0 Å². The number of thiophene rings is 1. The number of rotatable bonds is 6. The quantitative estimate of drug-likeness (QED) is 0.623. The van der Waals surface area contributed by atoms with Crippen LogP contribution in [0.2, 0.25) is 0 Å². The van der Waals surface area contributed by atoms with E-state index in [-0.39, 0.29) is 12.0 Å². The molecule has 146 valence electrons. The van der Waals surface area contributed by atoms with Gasteiger partial charge in [-0.25, -0.2) is 4.68 Å². The summed E-state index contributed by atoms with van der Waals surface area (Å²) in [5.74, 6) is 0.0452. The first-order valence-corrected chi connectivity index (χ1v) is 10.5. The van der Waals surface area contributed by atoms with Gasteiger partial charge >= 0.3 is 0 Å². The molecule has 0 unspecified atom stereocenters. The molecule has 1 amide bonds.